The number of nitrogens with one attached hydrogen (secondary N) is 1. The molecular formula is C17H27NO2. The first-order valence-electron chi connectivity index (χ1n) is 7.74. The standard InChI is InChI=1S/C17H27NO2/c1-4-20-16-7-5-6-15(17(16)19-3)12-18-11-14-9-8-13(2)10-14/h5-7,13-14,18H,4,8-12H2,1-3H3. The van der Waals surface area contributed by atoms with Gasteiger partial charge in [-0.25, -0.2) is 0 Å². The normalized spacial score (nSPS) is 21.9. The van der Waals surface area contributed by atoms with Crippen molar-refractivity contribution in [3.05, 3.63) is 23.8 Å². The average Bonchev–Trinajstić information content (AvgIpc) is 2.85. The lowest BCUT2D eigenvalue weighted by Crippen LogP contribution is -2.21. The quantitative estimate of drug-likeness (QED) is 0.825. The Morgan fingerprint density at radius 2 is 2.15 bits per heavy atom. The minimum absolute atomic E-state index is 0.660. The van der Waals surface area contributed by atoms with Crippen LogP contribution >= 0.6 is 0 Å². The first-order valence-corrected chi connectivity index (χ1v) is 7.74. The van der Waals surface area contributed by atoms with E-state index in [1.807, 2.05) is 19.1 Å². The number of benzene rings is 1. The molecule has 0 saturated heterocycles. The molecule has 2 rings (SSSR count). The molecule has 1 aromatic carbocycles. The highest BCUT2D eigenvalue weighted by Crippen LogP contribution is 2.32. The molecule has 0 amide bonds. The second-order valence-electron chi connectivity index (χ2n) is 5.80. The van der Waals surface area contributed by atoms with Crippen molar-refractivity contribution in [2.75, 3.05) is 20.3 Å². The van der Waals surface area contributed by atoms with Gasteiger partial charge in [0.1, 0.15) is 0 Å². The van der Waals surface area contributed by atoms with Crippen LogP contribution in [0.1, 0.15) is 38.7 Å². The molecule has 0 aromatic heterocycles. The largest absolute Gasteiger partial charge is 0.493 e. The zero-order chi connectivity index (χ0) is 14.4. The third-order valence-electron chi connectivity index (χ3n) is 4.12. The number of para-hydroxylation sites is 1. The Hall–Kier alpha value is -1.22. The van der Waals surface area contributed by atoms with E-state index >= 15 is 0 Å². The third kappa shape index (κ3) is 3.89. The molecule has 1 N–H and O–H groups in total. The van der Waals surface area contributed by atoms with Crippen LogP contribution in [0.3, 0.4) is 0 Å². The molecule has 0 bridgehead atoms. The molecule has 1 aromatic rings. The molecule has 2 unspecified atom stereocenters. The summed E-state index contributed by atoms with van der Waals surface area (Å²) >= 11 is 0. The van der Waals surface area contributed by atoms with Crippen molar-refractivity contribution >= 4 is 0 Å². The molecule has 0 aliphatic heterocycles. The highest BCUT2D eigenvalue weighted by Gasteiger charge is 2.20. The van der Waals surface area contributed by atoms with E-state index in [9.17, 15) is 0 Å². The molecule has 1 fully saturated rings. The van der Waals surface area contributed by atoms with Crippen LogP contribution in [-0.2, 0) is 6.54 Å². The summed E-state index contributed by atoms with van der Waals surface area (Å²) < 4.78 is 11.1. The van der Waals surface area contributed by atoms with Crippen molar-refractivity contribution in [3.63, 3.8) is 0 Å². The summed E-state index contributed by atoms with van der Waals surface area (Å²) in [6.07, 6.45) is 4.11. The Kier molecular flexibility index (Phi) is 5.72. The smallest absolute Gasteiger partial charge is 0.165 e. The third-order valence-corrected chi connectivity index (χ3v) is 4.12. The topological polar surface area (TPSA) is 30.5 Å². The van der Waals surface area contributed by atoms with Gasteiger partial charge in [0.25, 0.3) is 0 Å². The summed E-state index contributed by atoms with van der Waals surface area (Å²) in [7, 11) is 1.71. The van der Waals surface area contributed by atoms with Crippen molar-refractivity contribution < 1.29 is 9.47 Å². The van der Waals surface area contributed by atoms with Gasteiger partial charge in [-0.3, -0.25) is 0 Å². The minimum Gasteiger partial charge on any atom is -0.493 e. The predicted octanol–water partition coefficient (Wildman–Crippen LogP) is 3.62. The zero-order valence-electron chi connectivity index (χ0n) is 12.9. The predicted molar refractivity (Wildman–Crippen MR) is 82.4 cm³/mol. The van der Waals surface area contributed by atoms with Crippen LogP contribution in [0.2, 0.25) is 0 Å². The molecule has 1 aliphatic rings. The van der Waals surface area contributed by atoms with Gasteiger partial charge in [-0.2, -0.15) is 0 Å². The fourth-order valence-corrected chi connectivity index (χ4v) is 3.12. The molecule has 2 atom stereocenters. The van der Waals surface area contributed by atoms with Crippen LogP contribution in [-0.4, -0.2) is 20.3 Å². The number of rotatable bonds is 7. The number of methoxy groups -OCH3 is 1. The summed E-state index contributed by atoms with van der Waals surface area (Å²) in [5.74, 6) is 3.44. The lowest BCUT2D eigenvalue weighted by atomic mass is 10.1. The SMILES string of the molecule is CCOc1cccc(CNCC2CCC(C)C2)c1OC. The summed E-state index contributed by atoms with van der Waals surface area (Å²) in [6.45, 7) is 6.95. The monoisotopic (exact) mass is 277 g/mol. The molecule has 112 valence electrons. The maximum Gasteiger partial charge on any atom is 0.165 e. The van der Waals surface area contributed by atoms with Gasteiger partial charge in [-0.05, 0) is 44.2 Å². The van der Waals surface area contributed by atoms with E-state index in [0.29, 0.717) is 6.61 Å². The van der Waals surface area contributed by atoms with Gasteiger partial charge in [0.15, 0.2) is 11.5 Å². The van der Waals surface area contributed by atoms with Crippen LogP contribution in [0, 0.1) is 11.8 Å². The zero-order valence-corrected chi connectivity index (χ0v) is 12.9. The molecule has 1 saturated carbocycles. The van der Waals surface area contributed by atoms with Crippen LogP contribution in [0.15, 0.2) is 18.2 Å². The number of ether oxygens (including phenoxy) is 2. The first kappa shape index (κ1) is 15.2. The lowest BCUT2D eigenvalue weighted by molar-refractivity contribution is 0.308. The summed E-state index contributed by atoms with van der Waals surface area (Å²) in [6, 6.07) is 6.10. The van der Waals surface area contributed by atoms with Crippen molar-refractivity contribution in [1.29, 1.82) is 0 Å². The number of hydrogen-bond donors (Lipinski definition) is 1. The lowest BCUT2D eigenvalue weighted by Gasteiger charge is -2.15. The molecule has 3 heteroatoms. The van der Waals surface area contributed by atoms with Crippen molar-refractivity contribution in [2.24, 2.45) is 11.8 Å². The molecule has 20 heavy (non-hydrogen) atoms. The van der Waals surface area contributed by atoms with Gasteiger partial charge in [0, 0.05) is 12.1 Å². The summed E-state index contributed by atoms with van der Waals surface area (Å²) in [5, 5.41) is 3.57. The van der Waals surface area contributed by atoms with Gasteiger partial charge in [-0.15, -0.1) is 0 Å². The summed E-state index contributed by atoms with van der Waals surface area (Å²) in [5.41, 5.74) is 1.17. The Labute approximate surface area is 122 Å². The molecule has 1 aliphatic carbocycles. The van der Waals surface area contributed by atoms with E-state index in [0.717, 1.165) is 36.4 Å². The second-order valence-corrected chi connectivity index (χ2v) is 5.80. The minimum atomic E-state index is 0.660. The molecule has 0 spiro atoms. The maximum atomic E-state index is 5.61. The van der Waals surface area contributed by atoms with Crippen molar-refractivity contribution in [1.82, 2.24) is 5.32 Å². The van der Waals surface area contributed by atoms with Crippen LogP contribution in [0.4, 0.5) is 0 Å². The van der Waals surface area contributed by atoms with Crippen LogP contribution in [0.25, 0.3) is 0 Å². The molecule has 3 nitrogen and oxygen atoms in total. The van der Waals surface area contributed by atoms with E-state index in [4.69, 9.17) is 9.47 Å². The van der Waals surface area contributed by atoms with E-state index in [1.54, 1.807) is 7.11 Å². The Balaban J connectivity index is 1.90. The highest BCUT2D eigenvalue weighted by atomic mass is 16.5. The van der Waals surface area contributed by atoms with Crippen LogP contribution in [0.5, 0.6) is 11.5 Å². The summed E-state index contributed by atoms with van der Waals surface area (Å²) in [4.78, 5) is 0. The Morgan fingerprint density at radius 1 is 1.30 bits per heavy atom. The van der Waals surface area contributed by atoms with Crippen molar-refractivity contribution in [2.45, 2.75) is 39.7 Å². The van der Waals surface area contributed by atoms with E-state index in [-0.39, 0.29) is 0 Å². The van der Waals surface area contributed by atoms with Gasteiger partial charge >= 0.3 is 0 Å². The first-order chi connectivity index (χ1) is 9.74. The maximum absolute atomic E-state index is 5.61. The Morgan fingerprint density at radius 3 is 2.80 bits per heavy atom. The molecular weight excluding hydrogens is 250 g/mol. The second kappa shape index (κ2) is 7.53. The fraction of sp³-hybridized carbons (Fsp3) is 0.647. The van der Waals surface area contributed by atoms with Gasteiger partial charge in [0.05, 0.1) is 13.7 Å². The highest BCUT2D eigenvalue weighted by molar-refractivity contribution is 5.46. The van der Waals surface area contributed by atoms with E-state index in [2.05, 4.69) is 18.3 Å². The molecule has 0 radical (unpaired) electrons. The number of hydrogen-bond acceptors (Lipinski definition) is 3. The Bertz CT molecular complexity index is 419. The van der Waals surface area contributed by atoms with E-state index in [1.165, 1.54) is 24.8 Å². The molecule has 0 heterocycles. The van der Waals surface area contributed by atoms with Gasteiger partial charge in [0.2, 0.25) is 0 Å². The van der Waals surface area contributed by atoms with Crippen molar-refractivity contribution in [3.8, 4) is 11.5 Å². The average molecular weight is 277 g/mol. The van der Waals surface area contributed by atoms with Gasteiger partial charge < -0.3 is 14.8 Å². The fourth-order valence-electron chi connectivity index (χ4n) is 3.12. The van der Waals surface area contributed by atoms with E-state index < -0.39 is 0 Å². The van der Waals surface area contributed by atoms with Crippen LogP contribution < -0.4 is 14.8 Å². The van der Waals surface area contributed by atoms with Gasteiger partial charge in [-0.1, -0.05) is 25.5 Å².